The van der Waals surface area contributed by atoms with E-state index < -0.39 is 0 Å². The van der Waals surface area contributed by atoms with Crippen LogP contribution in [-0.4, -0.2) is 7.11 Å². The highest BCUT2D eigenvalue weighted by Gasteiger charge is 1.86. The van der Waals surface area contributed by atoms with Crippen LogP contribution in [0.4, 0.5) is 0 Å². The first-order chi connectivity index (χ1) is 4.43. The van der Waals surface area contributed by atoms with E-state index in [2.05, 4.69) is 15.8 Å². The molecule has 0 unspecified atom stereocenters. The van der Waals surface area contributed by atoms with Gasteiger partial charge in [0.1, 0.15) is 0 Å². The van der Waals surface area contributed by atoms with Crippen molar-refractivity contribution < 1.29 is 9.78 Å². The molecule has 0 aliphatic heterocycles. The highest BCUT2D eigenvalue weighted by Crippen LogP contribution is 2.06. The smallest absolute Gasteiger partial charge is 0.165 e. The maximum absolute atomic E-state index is 4.67. The predicted molar refractivity (Wildman–Crippen MR) is 32.9 cm³/mol. The van der Waals surface area contributed by atoms with Gasteiger partial charge in [0.05, 0.1) is 7.11 Å². The number of hydrogen-bond donors (Lipinski definition) is 0. The molecule has 0 atom stereocenters. The molecule has 0 N–H and O–H groups in total. The van der Waals surface area contributed by atoms with E-state index in [9.17, 15) is 0 Å². The third-order valence-electron chi connectivity index (χ3n) is 0.858. The molecule has 0 saturated heterocycles. The Bertz CT molecular complexity index is 160. The monoisotopic (exact) mass is 123 g/mol. The van der Waals surface area contributed by atoms with Crippen molar-refractivity contribution in [2.45, 2.75) is 0 Å². The summed E-state index contributed by atoms with van der Waals surface area (Å²) < 4.78 is 0. The Morgan fingerprint density at radius 2 is 2.44 bits per heavy atom. The molecule has 1 aromatic rings. The van der Waals surface area contributed by atoms with Crippen LogP contribution in [0, 0.1) is 6.07 Å². The van der Waals surface area contributed by atoms with E-state index in [0.29, 0.717) is 5.75 Å². The summed E-state index contributed by atoms with van der Waals surface area (Å²) in [6.45, 7) is 0. The lowest BCUT2D eigenvalue weighted by molar-refractivity contribution is -0.178. The normalized spacial score (nSPS) is 9.00. The van der Waals surface area contributed by atoms with Crippen molar-refractivity contribution >= 4 is 0 Å². The minimum atomic E-state index is 0.667. The van der Waals surface area contributed by atoms with Gasteiger partial charge in [0, 0.05) is 0 Å². The van der Waals surface area contributed by atoms with E-state index in [1.165, 1.54) is 7.11 Å². The molecule has 0 fully saturated rings. The summed E-state index contributed by atoms with van der Waals surface area (Å²) >= 11 is 0. The van der Waals surface area contributed by atoms with Crippen molar-refractivity contribution in [2.24, 2.45) is 0 Å². The molecule has 1 radical (unpaired) electrons. The van der Waals surface area contributed by atoms with Gasteiger partial charge < -0.3 is 4.89 Å². The molecule has 0 spiro atoms. The fourth-order valence-electron chi connectivity index (χ4n) is 0.525. The highest BCUT2D eigenvalue weighted by atomic mass is 17.2. The van der Waals surface area contributed by atoms with E-state index >= 15 is 0 Å². The molecule has 0 aliphatic rings. The van der Waals surface area contributed by atoms with Gasteiger partial charge in [0.2, 0.25) is 0 Å². The Labute approximate surface area is 54.0 Å². The summed E-state index contributed by atoms with van der Waals surface area (Å²) in [4.78, 5) is 9.08. The van der Waals surface area contributed by atoms with Gasteiger partial charge in [-0.05, 0) is 18.2 Å². The van der Waals surface area contributed by atoms with Crippen molar-refractivity contribution in [2.75, 3.05) is 7.11 Å². The molecule has 0 aromatic heterocycles. The zero-order valence-electron chi connectivity index (χ0n) is 5.13. The standard InChI is InChI=1S/C7H7O2/c1-8-9-7-5-3-2-4-6-7/h2-3,5-6H,1H3. The predicted octanol–water partition coefficient (Wildman–Crippen LogP) is 1.43. The third kappa shape index (κ3) is 1.74. The zero-order chi connectivity index (χ0) is 6.53. The van der Waals surface area contributed by atoms with E-state index in [0.717, 1.165) is 0 Å². The Morgan fingerprint density at radius 1 is 1.56 bits per heavy atom. The third-order valence-corrected chi connectivity index (χ3v) is 0.858. The summed E-state index contributed by atoms with van der Waals surface area (Å²) in [6, 6.07) is 9.95. The maximum Gasteiger partial charge on any atom is 0.165 e. The van der Waals surface area contributed by atoms with Crippen LogP contribution < -0.4 is 4.89 Å². The van der Waals surface area contributed by atoms with Gasteiger partial charge in [-0.1, -0.05) is 12.1 Å². The minimum Gasteiger partial charge on any atom is -0.338 e. The minimum absolute atomic E-state index is 0.667. The van der Waals surface area contributed by atoms with Gasteiger partial charge in [0.25, 0.3) is 0 Å². The molecular formula is C7H7O2. The number of rotatable bonds is 2. The lowest BCUT2D eigenvalue weighted by Gasteiger charge is -1.96. The molecule has 9 heavy (non-hydrogen) atoms. The Balaban J connectivity index is 2.61. The Kier molecular flexibility index (Phi) is 2.10. The molecule has 0 saturated carbocycles. The first-order valence-corrected chi connectivity index (χ1v) is 2.60. The second-order valence-electron chi connectivity index (χ2n) is 1.49. The fourth-order valence-corrected chi connectivity index (χ4v) is 0.525. The van der Waals surface area contributed by atoms with Crippen LogP contribution in [0.25, 0.3) is 0 Å². The van der Waals surface area contributed by atoms with Crippen molar-refractivity contribution in [3.8, 4) is 5.75 Å². The second-order valence-corrected chi connectivity index (χ2v) is 1.49. The van der Waals surface area contributed by atoms with Crippen molar-refractivity contribution in [1.29, 1.82) is 0 Å². The van der Waals surface area contributed by atoms with Gasteiger partial charge >= 0.3 is 0 Å². The van der Waals surface area contributed by atoms with Gasteiger partial charge in [-0.25, -0.2) is 0 Å². The van der Waals surface area contributed by atoms with Gasteiger partial charge in [0.15, 0.2) is 5.75 Å². The Hall–Kier alpha value is -1.02. The van der Waals surface area contributed by atoms with Crippen LogP contribution in [0.3, 0.4) is 0 Å². The molecule has 2 heteroatoms. The first kappa shape index (κ1) is 6.11. The maximum atomic E-state index is 4.67. The fraction of sp³-hybridized carbons (Fsp3) is 0.143. The molecule has 0 amide bonds. The molecule has 0 aliphatic carbocycles. The lowest BCUT2D eigenvalue weighted by atomic mass is 10.3. The van der Waals surface area contributed by atoms with E-state index in [-0.39, 0.29) is 0 Å². The van der Waals surface area contributed by atoms with Crippen molar-refractivity contribution in [3.63, 3.8) is 0 Å². The average molecular weight is 123 g/mol. The lowest BCUT2D eigenvalue weighted by Crippen LogP contribution is -1.88. The number of hydrogen-bond acceptors (Lipinski definition) is 2. The van der Waals surface area contributed by atoms with Crippen LogP contribution in [0.1, 0.15) is 0 Å². The number of benzene rings is 1. The van der Waals surface area contributed by atoms with E-state index in [4.69, 9.17) is 0 Å². The topological polar surface area (TPSA) is 18.5 Å². The quantitative estimate of drug-likeness (QED) is 0.437. The molecule has 1 aromatic carbocycles. The van der Waals surface area contributed by atoms with Crippen LogP contribution in [0.2, 0.25) is 0 Å². The zero-order valence-corrected chi connectivity index (χ0v) is 5.13. The highest BCUT2D eigenvalue weighted by molar-refractivity contribution is 5.19. The summed E-state index contributed by atoms with van der Waals surface area (Å²) in [5.41, 5.74) is 0. The summed E-state index contributed by atoms with van der Waals surface area (Å²) in [5, 5.41) is 0. The van der Waals surface area contributed by atoms with E-state index in [1.807, 2.05) is 6.07 Å². The van der Waals surface area contributed by atoms with Crippen LogP contribution >= 0.6 is 0 Å². The molecular weight excluding hydrogens is 116 g/mol. The largest absolute Gasteiger partial charge is 0.338 e. The van der Waals surface area contributed by atoms with Crippen LogP contribution in [0.15, 0.2) is 24.3 Å². The van der Waals surface area contributed by atoms with Crippen molar-refractivity contribution in [1.82, 2.24) is 0 Å². The first-order valence-electron chi connectivity index (χ1n) is 2.60. The molecule has 0 heterocycles. The SMILES string of the molecule is COOc1c[c]ccc1. The van der Waals surface area contributed by atoms with Crippen LogP contribution in [-0.2, 0) is 4.89 Å². The van der Waals surface area contributed by atoms with Gasteiger partial charge in [-0.15, -0.1) is 0 Å². The molecule has 1 rings (SSSR count). The summed E-state index contributed by atoms with van der Waals surface area (Å²) in [7, 11) is 1.47. The van der Waals surface area contributed by atoms with Crippen LogP contribution in [0.5, 0.6) is 5.75 Å². The Morgan fingerprint density at radius 3 is 3.00 bits per heavy atom. The molecule has 0 bridgehead atoms. The van der Waals surface area contributed by atoms with E-state index in [1.54, 1.807) is 18.2 Å². The van der Waals surface area contributed by atoms with Crippen molar-refractivity contribution in [3.05, 3.63) is 30.3 Å². The summed E-state index contributed by atoms with van der Waals surface area (Å²) in [5.74, 6) is 0.667. The average Bonchev–Trinajstić information content (AvgIpc) is 1.91. The van der Waals surface area contributed by atoms with Gasteiger partial charge in [-0.2, -0.15) is 4.89 Å². The summed E-state index contributed by atoms with van der Waals surface area (Å²) in [6.07, 6.45) is 0. The van der Waals surface area contributed by atoms with Gasteiger partial charge in [-0.3, -0.25) is 0 Å². The second kappa shape index (κ2) is 3.10. The molecule has 47 valence electrons. The molecule has 2 nitrogen and oxygen atoms in total.